The van der Waals surface area contributed by atoms with Gasteiger partial charge in [-0.2, -0.15) is 5.10 Å². The molecule has 0 saturated carbocycles. The fourth-order valence-electron chi connectivity index (χ4n) is 3.30. The van der Waals surface area contributed by atoms with E-state index in [-0.39, 0.29) is 6.09 Å². The van der Waals surface area contributed by atoms with Crippen LogP contribution in [0.5, 0.6) is 0 Å². The van der Waals surface area contributed by atoms with Crippen molar-refractivity contribution >= 4 is 17.9 Å². The van der Waals surface area contributed by atoms with Gasteiger partial charge in [-0.1, -0.05) is 6.08 Å². The molecule has 29 heavy (non-hydrogen) atoms. The fraction of sp³-hybridized carbons (Fsp3) is 0.450. The van der Waals surface area contributed by atoms with E-state index >= 15 is 0 Å². The molecule has 2 N–H and O–H groups in total. The third-order valence-electron chi connectivity index (χ3n) is 4.69. The lowest BCUT2D eigenvalue weighted by atomic mass is 9.98. The van der Waals surface area contributed by atoms with E-state index in [2.05, 4.69) is 26.9 Å². The first-order valence-electron chi connectivity index (χ1n) is 9.71. The normalized spacial score (nSPS) is 18.9. The van der Waals surface area contributed by atoms with Gasteiger partial charge in [0, 0.05) is 24.9 Å². The van der Waals surface area contributed by atoms with E-state index in [0.717, 1.165) is 35.1 Å². The number of nitrogens with zero attached hydrogens (tertiary/aromatic N) is 4. The van der Waals surface area contributed by atoms with Crippen LogP contribution in [-0.4, -0.2) is 53.0 Å². The zero-order chi connectivity index (χ0) is 20.4. The summed E-state index contributed by atoms with van der Waals surface area (Å²) < 4.78 is 10.8. The largest absolute Gasteiger partial charge is 0.467 e. The van der Waals surface area contributed by atoms with Crippen LogP contribution >= 0.6 is 0 Å². The van der Waals surface area contributed by atoms with Gasteiger partial charge in [-0.05, 0) is 44.9 Å². The number of amides is 1. The number of rotatable bonds is 3. The van der Waals surface area contributed by atoms with Crippen molar-refractivity contribution in [3.63, 3.8) is 0 Å². The molecule has 0 saturated heterocycles. The molecule has 0 aliphatic carbocycles. The number of fused-ring (bicyclic) bond motifs is 1. The molecular weight excluding hydrogens is 372 g/mol. The molecule has 3 aliphatic rings. The smallest absolute Gasteiger partial charge is 0.410 e. The Bertz CT molecular complexity index is 892. The molecule has 9 heteroatoms. The quantitative estimate of drug-likeness (QED) is 0.812. The number of nitrogens with one attached hydrogen (secondary N) is 2. The van der Waals surface area contributed by atoms with Crippen molar-refractivity contribution in [2.24, 2.45) is 10.1 Å². The van der Waals surface area contributed by atoms with Gasteiger partial charge in [0.25, 0.3) is 0 Å². The summed E-state index contributed by atoms with van der Waals surface area (Å²) in [6.45, 7) is 7.83. The Morgan fingerprint density at radius 2 is 2.28 bits per heavy atom. The lowest BCUT2D eigenvalue weighted by Gasteiger charge is -2.31. The average molecular weight is 398 g/mol. The molecule has 1 aromatic heterocycles. The highest BCUT2D eigenvalue weighted by molar-refractivity contribution is 6.13. The first kappa shape index (κ1) is 19.1. The molecule has 4 heterocycles. The zero-order valence-corrected chi connectivity index (χ0v) is 16.9. The lowest BCUT2D eigenvalue weighted by molar-refractivity contribution is 0.0266. The van der Waals surface area contributed by atoms with Crippen molar-refractivity contribution in [2.45, 2.75) is 39.3 Å². The second-order valence-corrected chi connectivity index (χ2v) is 8.01. The van der Waals surface area contributed by atoms with Gasteiger partial charge in [0.05, 0.1) is 12.8 Å². The SMILES string of the molecule is CC(C)(C)OC(=O)N1CC=C(C2=CN=C(NCc3ccco3)N3CNN=C23)CC1. The molecule has 0 unspecified atom stereocenters. The number of aliphatic imine (C=N–C) groups is 1. The number of furan rings is 1. The summed E-state index contributed by atoms with van der Waals surface area (Å²) in [5.41, 5.74) is 4.64. The summed E-state index contributed by atoms with van der Waals surface area (Å²) in [6.07, 6.45) is 5.98. The van der Waals surface area contributed by atoms with Crippen LogP contribution < -0.4 is 10.7 Å². The Morgan fingerprint density at radius 3 is 2.97 bits per heavy atom. The summed E-state index contributed by atoms with van der Waals surface area (Å²) in [5.74, 6) is 2.39. The second kappa shape index (κ2) is 7.65. The van der Waals surface area contributed by atoms with Crippen molar-refractivity contribution in [2.75, 3.05) is 19.8 Å². The third kappa shape index (κ3) is 4.28. The third-order valence-corrected chi connectivity index (χ3v) is 4.69. The van der Waals surface area contributed by atoms with Crippen LogP contribution in [0.15, 0.2) is 56.3 Å². The fourth-order valence-corrected chi connectivity index (χ4v) is 3.30. The molecule has 0 spiro atoms. The first-order valence-corrected chi connectivity index (χ1v) is 9.71. The summed E-state index contributed by atoms with van der Waals surface area (Å²) in [6, 6.07) is 3.77. The van der Waals surface area contributed by atoms with Gasteiger partial charge >= 0.3 is 6.09 Å². The molecule has 0 radical (unpaired) electrons. The van der Waals surface area contributed by atoms with Crippen LogP contribution in [0.1, 0.15) is 33.0 Å². The van der Waals surface area contributed by atoms with Gasteiger partial charge in [-0.3, -0.25) is 10.3 Å². The van der Waals surface area contributed by atoms with Gasteiger partial charge in [0.15, 0.2) is 5.84 Å². The van der Waals surface area contributed by atoms with Gasteiger partial charge in [0.2, 0.25) is 5.96 Å². The van der Waals surface area contributed by atoms with Gasteiger partial charge in [-0.15, -0.1) is 0 Å². The van der Waals surface area contributed by atoms with Gasteiger partial charge in [0.1, 0.15) is 18.0 Å². The van der Waals surface area contributed by atoms with Crippen LogP contribution in [0.4, 0.5) is 4.79 Å². The maximum Gasteiger partial charge on any atom is 0.410 e. The highest BCUT2D eigenvalue weighted by Crippen LogP contribution is 2.26. The van der Waals surface area contributed by atoms with Crippen molar-refractivity contribution in [3.05, 3.63) is 47.6 Å². The van der Waals surface area contributed by atoms with Crippen molar-refractivity contribution in [1.29, 1.82) is 0 Å². The Morgan fingerprint density at radius 1 is 1.41 bits per heavy atom. The van der Waals surface area contributed by atoms with Gasteiger partial charge < -0.3 is 19.4 Å². The number of hydrazone groups is 1. The van der Waals surface area contributed by atoms with Gasteiger partial charge in [-0.25, -0.2) is 9.79 Å². The predicted molar refractivity (Wildman–Crippen MR) is 109 cm³/mol. The maximum atomic E-state index is 12.3. The van der Waals surface area contributed by atoms with Crippen LogP contribution in [0, 0.1) is 0 Å². The molecular formula is C20H26N6O3. The summed E-state index contributed by atoms with van der Waals surface area (Å²) >= 11 is 0. The summed E-state index contributed by atoms with van der Waals surface area (Å²) in [5, 5.41) is 7.74. The molecule has 0 aromatic carbocycles. The number of carbonyl (C=O) groups is 1. The number of ether oxygens (including phenoxy) is 1. The molecule has 3 aliphatic heterocycles. The Labute approximate surface area is 169 Å². The molecule has 1 amide bonds. The topological polar surface area (TPSA) is 94.7 Å². The van der Waals surface area contributed by atoms with E-state index in [1.807, 2.05) is 44.0 Å². The van der Waals surface area contributed by atoms with Crippen LogP contribution in [0.3, 0.4) is 0 Å². The Hall–Kier alpha value is -3.23. The van der Waals surface area contributed by atoms with E-state index in [9.17, 15) is 4.79 Å². The predicted octanol–water partition coefficient (Wildman–Crippen LogP) is 2.37. The van der Waals surface area contributed by atoms with Crippen molar-refractivity contribution < 1.29 is 13.9 Å². The molecule has 4 rings (SSSR count). The maximum absolute atomic E-state index is 12.3. The monoisotopic (exact) mass is 398 g/mol. The van der Waals surface area contributed by atoms with E-state index in [1.165, 1.54) is 0 Å². The number of carbonyl (C=O) groups excluding carboxylic acids is 1. The minimum absolute atomic E-state index is 0.283. The summed E-state index contributed by atoms with van der Waals surface area (Å²) in [4.78, 5) is 20.6. The Balaban J connectivity index is 1.45. The zero-order valence-electron chi connectivity index (χ0n) is 16.9. The first-order chi connectivity index (χ1) is 13.9. The van der Waals surface area contributed by atoms with E-state index in [1.54, 1.807) is 11.2 Å². The minimum atomic E-state index is -0.495. The Kier molecular flexibility index (Phi) is 5.04. The number of guanidine groups is 1. The molecule has 9 nitrogen and oxygen atoms in total. The van der Waals surface area contributed by atoms with E-state index in [4.69, 9.17) is 9.15 Å². The minimum Gasteiger partial charge on any atom is -0.467 e. The molecule has 154 valence electrons. The molecule has 1 aromatic rings. The number of hydrogen-bond acceptors (Lipinski definition) is 8. The van der Waals surface area contributed by atoms with E-state index in [0.29, 0.717) is 26.3 Å². The molecule has 0 bridgehead atoms. The summed E-state index contributed by atoms with van der Waals surface area (Å²) in [7, 11) is 0. The standard InChI is InChI=1S/C20H26N6O3/c1-20(2,3)29-19(27)25-8-6-14(7-9-25)16-12-22-18(26-13-23-24-17(16)26)21-11-15-5-4-10-28-15/h4-6,10,12,23H,7-9,11,13H2,1-3H3,(H,21,22). The van der Waals surface area contributed by atoms with Crippen LogP contribution in [0.25, 0.3) is 0 Å². The molecule has 0 atom stereocenters. The van der Waals surface area contributed by atoms with Crippen molar-refractivity contribution in [1.82, 2.24) is 20.5 Å². The highest BCUT2D eigenvalue weighted by Gasteiger charge is 2.32. The molecule has 0 fully saturated rings. The lowest BCUT2D eigenvalue weighted by Crippen LogP contribution is -2.46. The number of hydrogen-bond donors (Lipinski definition) is 2. The van der Waals surface area contributed by atoms with Crippen LogP contribution in [0.2, 0.25) is 0 Å². The van der Waals surface area contributed by atoms with Crippen molar-refractivity contribution in [3.8, 4) is 0 Å². The average Bonchev–Trinajstić information content (AvgIpc) is 3.37. The highest BCUT2D eigenvalue weighted by atomic mass is 16.6. The second-order valence-electron chi connectivity index (χ2n) is 8.01. The number of amidine groups is 1. The van der Waals surface area contributed by atoms with Crippen LogP contribution in [-0.2, 0) is 11.3 Å². The van der Waals surface area contributed by atoms with E-state index < -0.39 is 5.60 Å².